The maximum Gasteiger partial charge on any atom is 0.418 e. The molecule has 2 aliphatic heterocycles. The number of fused-ring (bicyclic) bond motifs is 1. The van der Waals surface area contributed by atoms with Crippen LogP contribution in [0.5, 0.6) is 0 Å². The van der Waals surface area contributed by atoms with Gasteiger partial charge in [-0.1, -0.05) is 6.42 Å². The molecule has 4 rings (SSSR count). The average Bonchev–Trinajstić information content (AvgIpc) is 2.78. The number of likely N-dealkylation sites (tertiary alicyclic amines) is 1. The lowest BCUT2D eigenvalue weighted by Gasteiger charge is -2.34. The second kappa shape index (κ2) is 9.42. The number of amides is 1. The number of halogens is 3. The summed E-state index contributed by atoms with van der Waals surface area (Å²) in [7, 11) is 0. The topological polar surface area (TPSA) is 48.5 Å². The van der Waals surface area contributed by atoms with Gasteiger partial charge >= 0.3 is 6.18 Å². The lowest BCUT2D eigenvalue weighted by atomic mass is 9.94. The van der Waals surface area contributed by atoms with Gasteiger partial charge in [-0.2, -0.15) is 13.2 Å². The Bertz CT molecular complexity index is 903. The van der Waals surface area contributed by atoms with Crippen molar-refractivity contribution in [3.63, 3.8) is 0 Å². The number of anilines is 1. The molecule has 0 unspecified atom stereocenters. The number of nitrogens with zero attached hydrogens (tertiary/aromatic N) is 3. The molecule has 0 radical (unpaired) electrons. The number of carbonyl (C=O) groups is 1. The summed E-state index contributed by atoms with van der Waals surface area (Å²) in [5.41, 5.74) is 0.0138. The zero-order valence-electron chi connectivity index (χ0n) is 17.6. The smallest absolute Gasteiger partial charge is 0.371 e. The summed E-state index contributed by atoms with van der Waals surface area (Å²) in [6.45, 7) is 5.08. The van der Waals surface area contributed by atoms with Crippen LogP contribution >= 0.6 is 0 Å². The molecule has 8 heteroatoms. The first kappa shape index (κ1) is 21.9. The quantitative estimate of drug-likeness (QED) is 0.771. The van der Waals surface area contributed by atoms with Crippen LogP contribution in [0.15, 0.2) is 30.5 Å². The molecule has 2 fully saturated rings. The highest BCUT2D eigenvalue weighted by molar-refractivity contribution is 5.94. The zero-order chi connectivity index (χ0) is 21.8. The van der Waals surface area contributed by atoms with E-state index in [0.717, 1.165) is 31.4 Å². The minimum atomic E-state index is -4.44. The van der Waals surface area contributed by atoms with Crippen LogP contribution in [0.1, 0.15) is 37.7 Å². The number of piperidine rings is 2. The number of rotatable bonds is 5. The minimum absolute atomic E-state index is 0.0231. The van der Waals surface area contributed by atoms with E-state index in [-0.39, 0.29) is 17.3 Å². The average molecular weight is 435 g/mol. The number of alkyl halides is 3. The minimum Gasteiger partial charge on any atom is -0.371 e. The van der Waals surface area contributed by atoms with Crippen LogP contribution in [-0.4, -0.2) is 55.1 Å². The summed E-state index contributed by atoms with van der Waals surface area (Å²) in [5, 5.41) is 3.58. The zero-order valence-corrected chi connectivity index (χ0v) is 17.6. The number of benzene rings is 1. The van der Waals surface area contributed by atoms with Gasteiger partial charge in [0.25, 0.3) is 0 Å². The Kier molecular flexibility index (Phi) is 6.65. The molecule has 1 N–H and O–H groups in total. The first-order valence-electron chi connectivity index (χ1n) is 11.1. The predicted octanol–water partition coefficient (Wildman–Crippen LogP) is 4.07. The highest BCUT2D eigenvalue weighted by atomic mass is 19.4. The van der Waals surface area contributed by atoms with Crippen LogP contribution in [0.2, 0.25) is 0 Å². The third-order valence-corrected chi connectivity index (χ3v) is 6.43. The predicted molar refractivity (Wildman–Crippen MR) is 115 cm³/mol. The molecular weight excluding hydrogens is 405 g/mol. The number of hydrogen-bond acceptors (Lipinski definition) is 4. The molecular formula is C23H29F3N4O. The molecule has 31 heavy (non-hydrogen) atoms. The van der Waals surface area contributed by atoms with Crippen LogP contribution < -0.4 is 10.2 Å². The molecule has 1 aromatic carbocycles. The molecule has 2 aromatic rings. The summed E-state index contributed by atoms with van der Waals surface area (Å²) in [6, 6.07) is 6.00. The molecule has 2 aliphatic rings. The third-order valence-electron chi connectivity index (χ3n) is 6.43. The number of aromatic nitrogens is 1. The maximum atomic E-state index is 13.4. The van der Waals surface area contributed by atoms with Crippen LogP contribution in [0.4, 0.5) is 18.9 Å². The van der Waals surface area contributed by atoms with Gasteiger partial charge in [-0.05, 0) is 63.0 Å². The fraction of sp³-hybridized carbons (Fsp3) is 0.565. The van der Waals surface area contributed by atoms with E-state index in [9.17, 15) is 18.0 Å². The van der Waals surface area contributed by atoms with E-state index >= 15 is 0 Å². The lowest BCUT2D eigenvalue weighted by Crippen LogP contribution is -2.43. The van der Waals surface area contributed by atoms with Crippen LogP contribution in [0.3, 0.4) is 0 Å². The van der Waals surface area contributed by atoms with Crippen molar-refractivity contribution < 1.29 is 18.0 Å². The molecule has 2 saturated heterocycles. The maximum absolute atomic E-state index is 13.4. The van der Waals surface area contributed by atoms with Gasteiger partial charge in [0.05, 0.1) is 11.1 Å². The molecule has 0 spiro atoms. The van der Waals surface area contributed by atoms with Gasteiger partial charge < -0.3 is 15.1 Å². The summed E-state index contributed by atoms with van der Waals surface area (Å²) >= 11 is 0. The van der Waals surface area contributed by atoms with Gasteiger partial charge in [0.1, 0.15) is 0 Å². The lowest BCUT2D eigenvalue weighted by molar-refractivity contribution is -0.136. The standard InChI is InChI=1S/C23H29F3N4O/c24-23(25,26)19-6-7-20(18-5-4-10-27-21(18)19)30-14-8-17(9-15-30)22(31)28-11-16-29-12-2-1-3-13-29/h4-7,10,17H,1-3,8-9,11-16H2,(H,28,31). The molecule has 0 atom stereocenters. The number of carbonyl (C=O) groups excluding carboxylic acids is 1. The molecule has 1 amide bonds. The van der Waals surface area contributed by atoms with Gasteiger partial charge in [0, 0.05) is 49.4 Å². The van der Waals surface area contributed by atoms with Crippen molar-refractivity contribution in [3.05, 3.63) is 36.0 Å². The Hall–Kier alpha value is -2.35. The number of pyridine rings is 1. The van der Waals surface area contributed by atoms with E-state index in [1.54, 1.807) is 12.1 Å². The Labute approximate surface area is 180 Å². The third kappa shape index (κ3) is 5.11. The molecule has 5 nitrogen and oxygen atoms in total. The fourth-order valence-corrected chi connectivity index (χ4v) is 4.71. The van der Waals surface area contributed by atoms with Crippen molar-refractivity contribution in [2.24, 2.45) is 5.92 Å². The van der Waals surface area contributed by atoms with Crippen molar-refractivity contribution in [3.8, 4) is 0 Å². The molecule has 0 saturated carbocycles. The largest absolute Gasteiger partial charge is 0.418 e. The van der Waals surface area contributed by atoms with Gasteiger partial charge in [0.15, 0.2) is 0 Å². The Balaban J connectivity index is 1.35. The first-order chi connectivity index (χ1) is 14.9. The van der Waals surface area contributed by atoms with E-state index < -0.39 is 11.7 Å². The normalized spacial score (nSPS) is 19.0. The van der Waals surface area contributed by atoms with Crippen LogP contribution in [0.25, 0.3) is 10.9 Å². The monoisotopic (exact) mass is 434 g/mol. The number of nitrogens with one attached hydrogen (secondary N) is 1. The molecule has 0 bridgehead atoms. The van der Waals surface area contributed by atoms with Gasteiger partial charge in [0.2, 0.25) is 5.91 Å². The van der Waals surface area contributed by atoms with Gasteiger partial charge in [-0.3, -0.25) is 9.78 Å². The van der Waals surface area contributed by atoms with E-state index in [1.165, 1.54) is 31.5 Å². The molecule has 168 valence electrons. The summed E-state index contributed by atoms with van der Waals surface area (Å²) in [5.74, 6) is 0.0482. The molecule has 1 aromatic heterocycles. The second-order valence-corrected chi connectivity index (χ2v) is 8.48. The van der Waals surface area contributed by atoms with Crippen molar-refractivity contribution in [2.45, 2.75) is 38.3 Å². The van der Waals surface area contributed by atoms with E-state index in [0.29, 0.717) is 37.9 Å². The van der Waals surface area contributed by atoms with E-state index in [1.807, 2.05) is 0 Å². The highest BCUT2D eigenvalue weighted by Gasteiger charge is 2.34. The Morgan fingerprint density at radius 3 is 2.52 bits per heavy atom. The van der Waals surface area contributed by atoms with Crippen LogP contribution in [-0.2, 0) is 11.0 Å². The summed E-state index contributed by atoms with van der Waals surface area (Å²) < 4.78 is 40.1. The van der Waals surface area contributed by atoms with Crippen molar-refractivity contribution in [1.82, 2.24) is 15.2 Å². The highest BCUT2D eigenvalue weighted by Crippen LogP contribution is 2.38. The molecule has 3 heterocycles. The van der Waals surface area contributed by atoms with Gasteiger partial charge in [-0.25, -0.2) is 0 Å². The Morgan fingerprint density at radius 2 is 1.81 bits per heavy atom. The van der Waals surface area contributed by atoms with Gasteiger partial charge in [-0.15, -0.1) is 0 Å². The van der Waals surface area contributed by atoms with E-state index in [2.05, 4.69) is 20.1 Å². The SMILES string of the molecule is O=C(NCCN1CCCCC1)C1CCN(c2ccc(C(F)(F)F)c3ncccc23)CC1. The Morgan fingerprint density at radius 1 is 1.06 bits per heavy atom. The molecule has 0 aliphatic carbocycles. The van der Waals surface area contributed by atoms with Crippen LogP contribution in [0, 0.1) is 5.92 Å². The fourth-order valence-electron chi connectivity index (χ4n) is 4.71. The first-order valence-corrected chi connectivity index (χ1v) is 11.1. The van der Waals surface area contributed by atoms with Crippen molar-refractivity contribution in [2.75, 3.05) is 44.2 Å². The van der Waals surface area contributed by atoms with E-state index in [4.69, 9.17) is 0 Å². The summed E-state index contributed by atoms with van der Waals surface area (Å²) in [6.07, 6.45) is 2.11. The second-order valence-electron chi connectivity index (χ2n) is 8.48. The van der Waals surface area contributed by atoms with Crippen molar-refractivity contribution >= 4 is 22.5 Å². The number of hydrogen-bond donors (Lipinski definition) is 1. The summed E-state index contributed by atoms with van der Waals surface area (Å²) in [4.78, 5) is 21.0. The van der Waals surface area contributed by atoms with Crippen molar-refractivity contribution in [1.29, 1.82) is 0 Å².